The Morgan fingerprint density at radius 3 is 2.26 bits per heavy atom. The summed E-state index contributed by atoms with van der Waals surface area (Å²) in [7, 11) is 0. The molecule has 1 N–H and O–H groups in total. The van der Waals surface area contributed by atoms with Crippen molar-refractivity contribution >= 4 is 22.9 Å². The van der Waals surface area contributed by atoms with Gasteiger partial charge in [0.25, 0.3) is 0 Å². The SMILES string of the molecule is CC(C)(C)c1ccc2oc(C(COc3ccc(C(=O)O)cc3)OC(=O)c3ccccc3)cc2c1. The maximum atomic E-state index is 12.8. The third-order valence-corrected chi connectivity index (χ3v) is 5.48. The van der Waals surface area contributed by atoms with Crippen molar-refractivity contribution in [2.45, 2.75) is 32.3 Å². The van der Waals surface area contributed by atoms with Gasteiger partial charge in [-0.05, 0) is 65.6 Å². The molecule has 34 heavy (non-hydrogen) atoms. The van der Waals surface area contributed by atoms with Crippen LogP contribution in [0.1, 0.15) is 58.9 Å². The van der Waals surface area contributed by atoms with Crippen molar-refractivity contribution in [2.24, 2.45) is 0 Å². The van der Waals surface area contributed by atoms with Gasteiger partial charge in [0.2, 0.25) is 0 Å². The number of carboxylic acid groups (broad SMARTS) is 1. The zero-order valence-corrected chi connectivity index (χ0v) is 19.3. The van der Waals surface area contributed by atoms with E-state index in [1.165, 1.54) is 17.7 Å². The van der Waals surface area contributed by atoms with Crippen molar-refractivity contribution in [2.75, 3.05) is 6.61 Å². The fourth-order valence-corrected chi connectivity index (χ4v) is 3.50. The Morgan fingerprint density at radius 2 is 1.62 bits per heavy atom. The van der Waals surface area contributed by atoms with Gasteiger partial charge in [0.05, 0.1) is 11.1 Å². The summed E-state index contributed by atoms with van der Waals surface area (Å²) in [5.74, 6) is -0.589. The van der Waals surface area contributed by atoms with E-state index >= 15 is 0 Å². The number of ether oxygens (including phenoxy) is 2. The van der Waals surface area contributed by atoms with Crippen molar-refractivity contribution in [3.8, 4) is 5.75 Å². The van der Waals surface area contributed by atoms with Crippen molar-refractivity contribution in [1.82, 2.24) is 0 Å². The summed E-state index contributed by atoms with van der Waals surface area (Å²) in [5.41, 5.74) is 2.42. The van der Waals surface area contributed by atoms with Crippen LogP contribution in [0.2, 0.25) is 0 Å². The minimum Gasteiger partial charge on any atom is -0.489 e. The molecule has 0 radical (unpaired) electrons. The van der Waals surface area contributed by atoms with Gasteiger partial charge in [-0.3, -0.25) is 0 Å². The number of furan rings is 1. The summed E-state index contributed by atoms with van der Waals surface area (Å²) in [6.07, 6.45) is -0.808. The average Bonchev–Trinajstić information content (AvgIpc) is 3.25. The number of aromatic carboxylic acids is 1. The monoisotopic (exact) mass is 458 g/mol. The Balaban J connectivity index is 1.61. The molecule has 0 aliphatic rings. The van der Waals surface area contributed by atoms with E-state index in [0.29, 0.717) is 22.7 Å². The zero-order valence-electron chi connectivity index (χ0n) is 19.3. The van der Waals surface area contributed by atoms with Crippen LogP contribution in [-0.4, -0.2) is 23.7 Å². The van der Waals surface area contributed by atoms with E-state index in [2.05, 4.69) is 26.8 Å². The first-order chi connectivity index (χ1) is 16.2. The van der Waals surface area contributed by atoms with E-state index in [0.717, 1.165) is 5.39 Å². The zero-order chi connectivity index (χ0) is 24.3. The summed E-state index contributed by atoms with van der Waals surface area (Å²) in [6.45, 7) is 6.42. The molecule has 0 saturated carbocycles. The standard InChI is InChI=1S/C28H26O6/c1-28(2,3)21-11-14-23-20(15-21)16-24(33-23)25(34-27(31)19-7-5-4-6-8-19)17-32-22-12-9-18(10-13-22)26(29)30/h4-16,25H,17H2,1-3H3,(H,29,30). The van der Waals surface area contributed by atoms with Crippen LogP contribution >= 0.6 is 0 Å². The predicted molar refractivity (Wildman–Crippen MR) is 128 cm³/mol. The summed E-state index contributed by atoms with van der Waals surface area (Å²) in [4.78, 5) is 23.9. The highest BCUT2D eigenvalue weighted by molar-refractivity contribution is 5.89. The van der Waals surface area contributed by atoms with Crippen LogP contribution in [0.5, 0.6) is 5.75 Å². The third kappa shape index (κ3) is 5.29. The van der Waals surface area contributed by atoms with Crippen LogP contribution in [0, 0.1) is 0 Å². The highest BCUT2D eigenvalue weighted by Crippen LogP contribution is 2.31. The van der Waals surface area contributed by atoms with Gasteiger partial charge in [-0.2, -0.15) is 0 Å². The first-order valence-corrected chi connectivity index (χ1v) is 11.0. The van der Waals surface area contributed by atoms with Gasteiger partial charge in [0.15, 0.2) is 6.10 Å². The van der Waals surface area contributed by atoms with Crippen LogP contribution in [0.4, 0.5) is 0 Å². The van der Waals surface area contributed by atoms with Gasteiger partial charge < -0.3 is 19.0 Å². The molecule has 6 heteroatoms. The predicted octanol–water partition coefficient (Wildman–Crippen LogP) is 6.41. The van der Waals surface area contributed by atoms with Gasteiger partial charge in [0.1, 0.15) is 23.7 Å². The van der Waals surface area contributed by atoms with E-state index in [4.69, 9.17) is 19.0 Å². The minimum absolute atomic E-state index is 0.00303. The molecule has 0 aliphatic heterocycles. The number of hydrogen-bond donors (Lipinski definition) is 1. The first-order valence-electron chi connectivity index (χ1n) is 11.0. The van der Waals surface area contributed by atoms with Crippen LogP contribution in [0.15, 0.2) is 83.3 Å². The summed E-state index contributed by atoms with van der Waals surface area (Å²) >= 11 is 0. The van der Waals surface area contributed by atoms with E-state index in [-0.39, 0.29) is 17.6 Å². The molecule has 0 amide bonds. The lowest BCUT2D eigenvalue weighted by atomic mass is 9.86. The Bertz CT molecular complexity index is 1300. The molecule has 0 fully saturated rings. The lowest BCUT2D eigenvalue weighted by molar-refractivity contribution is 0.0107. The average molecular weight is 459 g/mol. The molecular formula is C28H26O6. The molecule has 6 nitrogen and oxygen atoms in total. The number of benzene rings is 3. The number of rotatable bonds is 7. The number of carboxylic acids is 1. The smallest absolute Gasteiger partial charge is 0.338 e. The summed E-state index contributed by atoms with van der Waals surface area (Å²) in [5, 5.41) is 9.99. The number of hydrogen-bond acceptors (Lipinski definition) is 5. The second kappa shape index (κ2) is 9.43. The molecule has 0 saturated heterocycles. The molecule has 3 aromatic carbocycles. The second-order valence-electron chi connectivity index (χ2n) is 9.05. The highest BCUT2D eigenvalue weighted by Gasteiger charge is 2.24. The van der Waals surface area contributed by atoms with Crippen LogP contribution < -0.4 is 4.74 Å². The number of esters is 1. The quantitative estimate of drug-likeness (QED) is 0.322. The van der Waals surface area contributed by atoms with Gasteiger partial charge in [-0.15, -0.1) is 0 Å². The maximum absolute atomic E-state index is 12.8. The number of carbonyl (C=O) groups is 2. The molecule has 1 unspecified atom stereocenters. The van der Waals surface area contributed by atoms with Crippen molar-refractivity contribution in [1.29, 1.82) is 0 Å². The van der Waals surface area contributed by atoms with E-state index in [9.17, 15) is 9.59 Å². The number of carbonyl (C=O) groups excluding carboxylic acids is 1. The second-order valence-corrected chi connectivity index (χ2v) is 9.05. The Kier molecular flexibility index (Phi) is 6.41. The summed E-state index contributed by atoms with van der Waals surface area (Å²) in [6, 6.07) is 22.6. The molecule has 1 heterocycles. The maximum Gasteiger partial charge on any atom is 0.338 e. The normalized spacial score (nSPS) is 12.3. The van der Waals surface area contributed by atoms with Gasteiger partial charge >= 0.3 is 11.9 Å². The molecule has 4 rings (SSSR count). The largest absolute Gasteiger partial charge is 0.489 e. The molecule has 0 spiro atoms. The number of fused-ring (bicyclic) bond motifs is 1. The molecular weight excluding hydrogens is 432 g/mol. The molecule has 0 aliphatic carbocycles. The molecule has 1 atom stereocenters. The highest BCUT2D eigenvalue weighted by atomic mass is 16.6. The Morgan fingerprint density at radius 1 is 0.912 bits per heavy atom. The van der Waals surface area contributed by atoms with Crippen LogP contribution in [0.3, 0.4) is 0 Å². The van der Waals surface area contributed by atoms with E-state index < -0.39 is 18.0 Å². The van der Waals surface area contributed by atoms with Gasteiger partial charge in [-0.25, -0.2) is 9.59 Å². The summed E-state index contributed by atoms with van der Waals surface area (Å²) < 4.78 is 17.7. The van der Waals surface area contributed by atoms with E-state index in [1.807, 2.05) is 24.3 Å². The molecule has 4 aromatic rings. The van der Waals surface area contributed by atoms with Gasteiger partial charge in [0, 0.05) is 5.39 Å². The topological polar surface area (TPSA) is 86.0 Å². The minimum atomic E-state index is -1.02. The lowest BCUT2D eigenvalue weighted by Crippen LogP contribution is -2.18. The first kappa shape index (κ1) is 23.1. The van der Waals surface area contributed by atoms with E-state index in [1.54, 1.807) is 36.4 Å². The fraction of sp³-hybridized carbons (Fsp3) is 0.214. The van der Waals surface area contributed by atoms with Crippen molar-refractivity contribution in [3.05, 3.63) is 101 Å². The van der Waals surface area contributed by atoms with Crippen molar-refractivity contribution < 1.29 is 28.6 Å². The Labute approximate surface area is 197 Å². The fourth-order valence-electron chi connectivity index (χ4n) is 3.50. The molecule has 174 valence electrons. The van der Waals surface area contributed by atoms with Gasteiger partial charge in [-0.1, -0.05) is 45.0 Å². The molecule has 0 bridgehead atoms. The van der Waals surface area contributed by atoms with Crippen LogP contribution in [0.25, 0.3) is 11.0 Å². The van der Waals surface area contributed by atoms with Crippen molar-refractivity contribution in [3.63, 3.8) is 0 Å². The molecule has 1 aromatic heterocycles. The Hall–Kier alpha value is -4.06. The third-order valence-electron chi connectivity index (χ3n) is 5.48. The lowest BCUT2D eigenvalue weighted by Gasteiger charge is -2.18. The van der Waals surface area contributed by atoms with Crippen LogP contribution in [-0.2, 0) is 10.2 Å².